The van der Waals surface area contributed by atoms with Crippen LogP contribution in [0.15, 0.2) is 210 Å². The van der Waals surface area contributed by atoms with E-state index in [4.69, 9.17) is 19.0 Å². The molecular formula is C76H82N6O14. The normalized spacial score (nSPS) is 13.1. The van der Waals surface area contributed by atoms with Gasteiger partial charge in [0.05, 0.1) is 32.1 Å². The molecule has 20 nitrogen and oxygen atoms in total. The minimum atomic E-state index is -1.04. The lowest BCUT2D eigenvalue weighted by Crippen LogP contribution is -2.41. The highest BCUT2D eigenvalue weighted by Gasteiger charge is 2.36. The van der Waals surface area contributed by atoms with E-state index in [0.29, 0.717) is 26.3 Å². The number of aryl methyl sites for hydroxylation is 6. The molecule has 2 saturated heterocycles. The van der Waals surface area contributed by atoms with Crippen molar-refractivity contribution >= 4 is 41.7 Å². The van der Waals surface area contributed by atoms with Crippen molar-refractivity contribution in [1.82, 2.24) is 30.7 Å². The molecular weight excluding hydrogens is 1220 g/mol. The summed E-state index contributed by atoms with van der Waals surface area (Å²) in [6, 6.07) is 65.0. The number of aromatic amines is 2. The molecule has 1 aromatic heterocycles. The average Bonchev–Trinajstić information content (AvgIpc) is 1.75. The number of nitrogens with one attached hydrogen (secondary N) is 4. The fraction of sp³-hybridized carbons (Fsp3) is 0.303. The second-order valence-corrected chi connectivity index (χ2v) is 23.3. The molecule has 0 unspecified atom stereocenters. The molecule has 500 valence electrons. The molecule has 2 aliphatic rings. The topological polar surface area (TPSA) is 262 Å². The Morgan fingerprint density at radius 1 is 0.469 bits per heavy atom. The van der Waals surface area contributed by atoms with E-state index in [1.807, 2.05) is 120 Å². The highest BCUT2D eigenvalue weighted by atomic mass is 16.7. The summed E-state index contributed by atoms with van der Waals surface area (Å²) in [7, 11) is 0. The summed E-state index contributed by atoms with van der Waals surface area (Å²) in [5, 5.41) is 0. The molecule has 1 atom stereocenters. The van der Waals surface area contributed by atoms with Gasteiger partial charge < -0.3 is 33.8 Å². The van der Waals surface area contributed by atoms with Crippen LogP contribution < -0.4 is 22.2 Å². The molecule has 96 heavy (non-hydrogen) atoms. The number of ketones is 1. The molecule has 2 aliphatic heterocycles. The van der Waals surface area contributed by atoms with Gasteiger partial charge in [-0.1, -0.05) is 194 Å². The highest BCUT2D eigenvalue weighted by molar-refractivity contribution is 5.88. The van der Waals surface area contributed by atoms with Crippen LogP contribution in [0.1, 0.15) is 111 Å². The predicted molar refractivity (Wildman–Crippen MR) is 361 cm³/mol. The van der Waals surface area contributed by atoms with E-state index in [1.54, 1.807) is 4.90 Å². The monoisotopic (exact) mass is 1300 g/mol. The first-order valence-electron chi connectivity index (χ1n) is 32.5. The molecule has 0 radical (unpaired) electrons. The maximum absolute atomic E-state index is 12.3. The van der Waals surface area contributed by atoms with Gasteiger partial charge in [-0.15, -0.1) is 0 Å². The minimum Gasteiger partial charge on any atom is -0.447 e. The third-order valence-electron chi connectivity index (χ3n) is 15.9. The standard InChI is InChI=1S/C29H30N2O5.C24H29NO4.C23H23N3O5/c32-27(19-24-17-15-23(16-18-24)12-8-7-11-22-9-3-1-4-10-22)30-36-28(33)20-31-26(21-35-29(31)34)25-13-5-2-6-14-25;26-23(19-29-24(27)25-14-16-28-17-15-25)18-22-12-10-21(11-13-22)9-5-4-8-20-6-2-1-3-7-20;27-20-15-19(24-23(30)25-20)22(29)31-26-21(28)14-18-12-10-17(11-13-18)9-5-4-8-16-6-2-1-3-7-16/h1-6,9-10,13-18,26H,7-8,11-12,19-21H2,(H,30,32);1-3,6-7,10-13H,4-5,8-9,14-19H2;1-3,6-7,10-13,15H,4-5,8-9,14H2,(H,26,28)(H2,24,25,27,30)/t26-;;/m1../s1. The number of aromatic nitrogens is 2. The fourth-order valence-corrected chi connectivity index (χ4v) is 10.7. The van der Waals surface area contributed by atoms with Crippen molar-refractivity contribution in [1.29, 1.82) is 0 Å². The van der Waals surface area contributed by atoms with Crippen molar-refractivity contribution in [3.63, 3.8) is 0 Å². The zero-order valence-corrected chi connectivity index (χ0v) is 53.8. The summed E-state index contributed by atoms with van der Waals surface area (Å²) in [6.45, 7) is 1.71. The minimum absolute atomic E-state index is 0.0213. The summed E-state index contributed by atoms with van der Waals surface area (Å²) in [5.41, 5.74) is 13.4. The van der Waals surface area contributed by atoms with Gasteiger partial charge in [-0.2, -0.15) is 11.0 Å². The SMILES string of the molecule is O=C(COC(=O)N1CCOCC1)Cc1ccc(CCCCc2ccccc2)cc1.O=C(Cc1ccc(CCCCc2ccccc2)cc1)NOC(=O)CN1C(=O)OC[C@@H]1c1ccccc1.O=C(Cc1ccc(CCCCc2ccccc2)cc1)NOC(=O)c1cc(=O)[nH]c(=O)[nH]1. The molecule has 3 heterocycles. The Morgan fingerprint density at radius 2 is 0.865 bits per heavy atom. The summed E-state index contributed by atoms with van der Waals surface area (Å²) in [5.74, 6) is -2.85. The summed E-state index contributed by atoms with van der Waals surface area (Å²) in [6.07, 6.45) is 12.3. The Morgan fingerprint density at radius 3 is 1.30 bits per heavy atom. The van der Waals surface area contributed by atoms with Crippen LogP contribution in [0.2, 0.25) is 0 Å². The lowest BCUT2D eigenvalue weighted by molar-refractivity contribution is -0.158. The lowest BCUT2D eigenvalue weighted by Gasteiger charge is -2.25. The summed E-state index contributed by atoms with van der Waals surface area (Å²) < 4.78 is 15.4. The number of hydrogen-bond donors (Lipinski definition) is 4. The van der Waals surface area contributed by atoms with E-state index in [-0.39, 0.29) is 56.5 Å². The van der Waals surface area contributed by atoms with E-state index in [0.717, 1.165) is 98.9 Å². The van der Waals surface area contributed by atoms with Crippen LogP contribution in [0.3, 0.4) is 0 Å². The third-order valence-corrected chi connectivity index (χ3v) is 15.9. The van der Waals surface area contributed by atoms with Gasteiger partial charge in [0.2, 0.25) is 0 Å². The van der Waals surface area contributed by atoms with Crippen LogP contribution >= 0.6 is 0 Å². The van der Waals surface area contributed by atoms with E-state index in [2.05, 4.69) is 100 Å². The Bertz CT molecular complexity index is 3820. The van der Waals surface area contributed by atoms with Gasteiger partial charge in [0, 0.05) is 25.6 Å². The van der Waals surface area contributed by atoms with Gasteiger partial charge in [-0.3, -0.25) is 29.1 Å². The van der Waals surface area contributed by atoms with E-state index >= 15 is 0 Å². The maximum atomic E-state index is 12.3. The van der Waals surface area contributed by atoms with Gasteiger partial charge in [0.1, 0.15) is 18.8 Å². The van der Waals surface area contributed by atoms with Crippen LogP contribution in [0.25, 0.3) is 0 Å². The van der Waals surface area contributed by atoms with Crippen molar-refractivity contribution in [3.8, 4) is 0 Å². The molecule has 0 bridgehead atoms. The zero-order chi connectivity index (χ0) is 67.5. The average molecular weight is 1300 g/mol. The van der Waals surface area contributed by atoms with Gasteiger partial charge in [0.15, 0.2) is 12.4 Å². The van der Waals surface area contributed by atoms with Crippen molar-refractivity contribution < 1.29 is 57.4 Å². The number of amides is 4. The van der Waals surface area contributed by atoms with Crippen molar-refractivity contribution in [2.75, 3.05) is 46.1 Å². The smallest absolute Gasteiger partial charge is 0.411 e. The predicted octanol–water partition coefficient (Wildman–Crippen LogP) is 10.5. The Hall–Kier alpha value is -10.7. The number of ether oxygens (including phenoxy) is 3. The highest BCUT2D eigenvalue weighted by Crippen LogP contribution is 2.27. The number of rotatable bonds is 27. The second kappa shape index (κ2) is 39.1. The third kappa shape index (κ3) is 25.6. The number of nitrogens with zero attached hydrogens (tertiary/aromatic N) is 2. The van der Waals surface area contributed by atoms with Crippen LogP contribution in [0, 0.1) is 0 Å². The number of Topliss-reactive ketones (excluding diaryl/α,β-unsaturated/α-hetero) is 1. The zero-order valence-electron chi connectivity index (χ0n) is 53.8. The molecule has 7 aromatic carbocycles. The lowest BCUT2D eigenvalue weighted by atomic mass is 10.0. The van der Waals surface area contributed by atoms with Gasteiger partial charge in [-0.25, -0.2) is 24.0 Å². The molecule has 0 saturated carbocycles. The number of hydrogen-bond acceptors (Lipinski definition) is 14. The maximum Gasteiger partial charge on any atom is 0.411 e. The second-order valence-electron chi connectivity index (χ2n) is 23.3. The quantitative estimate of drug-likeness (QED) is 0.0212. The molecule has 4 N–H and O–H groups in total. The molecule has 0 aliphatic carbocycles. The number of carbonyl (C=O) groups is 7. The molecule has 20 heteroatoms. The number of carbonyl (C=O) groups excluding carboxylic acids is 7. The van der Waals surface area contributed by atoms with Crippen LogP contribution in [-0.2, 0) is 101 Å². The van der Waals surface area contributed by atoms with Crippen LogP contribution in [0.4, 0.5) is 9.59 Å². The van der Waals surface area contributed by atoms with Crippen molar-refractivity contribution in [2.24, 2.45) is 0 Å². The Labute approximate surface area is 558 Å². The van der Waals surface area contributed by atoms with E-state index in [1.165, 1.54) is 44.7 Å². The molecule has 10 rings (SSSR count). The Kier molecular flexibility index (Phi) is 29.0. The first kappa shape index (κ1) is 71.1. The molecule has 8 aromatic rings. The molecule has 0 spiro atoms. The first-order chi connectivity index (χ1) is 46.8. The number of hydroxylamine groups is 2. The summed E-state index contributed by atoms with van der Waals surface area (Å²) in [4.78, 5) is 123. The van der Waals surface area contributed by atoms with Gasteiger partial charge in [0.25, 0.3) is 17.4 Å². The summed E-state index contributed by atoms with van der Waals surface area (Å²) >= 11 is 0. The van der Waals surface area contributed by atoms with Crippen LogP contribution in [0.5, 0.6) is 0 Å². The van der Waals surface area contributed by atoms with Crippen molar-refractivity contribution in [3.05, 3.63) is 282 Å². The first-order valence-corrected chi connectivity index (χ1v) is 32.5. The van der Waals surface area contributed by atoms with Crippen molar-refractivity contribution in [2.45, 2.75) is 102 Å². The number of cyclic esters (lactones) is 1. The largest absolute Gasteiger partial charge is 0.447 e. The van der Waals surface area contributed by atoms with E-state index < -0.39 is 47.2 Å². The number of unbranched alkanes of at least 4 members (excludes halogenated alkanes) is 3. The number of benzene rings is 7. The van der Waals surface area contributed by atoms with Crippen LogP contribution in [-0.4, -0.2) is 108 Å². The van der Waals surface area contributed by atoms with Gasteiger partial charge >= 0.3 is 29.8 Å². The molecule has 4 amide bonds. The Balaban J connectivity index is 0.000000185. The number of H-pyrrole nitrogens is 2. The van der Waals surface area contributed by atoms with E-state index in [9.17, 15) is 43.2 Å². The fourth-order valence-electron chi connectivity index (χ4n) is 10.7. The number of morpholine rings is 1. The molecule has 2 fully saturated rings. The van der Waals surface area contributed by atoms with Gasteiger partial charge in [-0.05, 0) is 133 Å².